The van der Waals surface area contributed by atoms with E-state index < -0.39 is 0 Å². The van der Waals surface area contributed by atoms with E-state index in [2.05, 4.69) is 5.32 Å². The number of halogens is 1. The quantitative estimate of drug-likeness (QED) is 0.802. The highest BCUT2D eigenvalue weighted by atomic mass is 19.1. The maximum Gasteiger partial charge on any atom is 0.127 e. The van der Waals surface area contributed by atoms with Crippen molar-refractivity contribution in [3.63, 3.8) is 0 Å². The van der Waals surface area contributed by atoms with Crippen LogP contribution in [0.15, 0.2) is 18.2 Å². The average molecular weight is 207 g/mol. The van der Waals surface area contributed by atoms with Crippen molar-refractivity contribution in [2.24, 2.45) is 0 Å². The maximum absolute atomic E-state index is 13.5. The van der Waals surface area contributed by atoms with Crippen LogP contribution in [0, 0.1) is 12.7 Å². The zero-order chi connectivity index (χ0) is 10.7. The number of hydrogen-bond acceptors (Lipinski definition) is 1. The Kier molecular flexibility index (Phi) is 3.37. The van der Waals surface area contributed by atoms with Crippen LogP contribution in [0.1, 0.15) is 36.8 Å². The van der Waals surface area contributed by atoms with Gasteiger partial charge in [-0.05, 0) is 31.4 Å². The second-order valence-electron chi connectivity index (χ2n) is 4.40. The van der Waals surface area contributed by atoms with Crippen LogP contribution in [0.2, 0.25) is 0 Å². The number of hydrogen-bond donors (Lipinski definition) is 1. The molecule has 82 valence electrons. The Hall–Kier alpha value is -0.890. The highest BCUT2D eigenvalue weighted by Crippen LogP contribution is 2.19. The lowest BCUT2D eigenvalue weighted by Crippen LogP contribution is -2.26. The third-order valence-corrected chi connectivity index (χ3v) is 3.28. The molecule has 0 unspecified atom stereocenters. The normalized spacial score (nSPS) is 17.2. The number of benzene rings is 1. The molecule has 1 aromatic rings. The zero-order valence-corrected chi connectivity index (χ0v) is 9.22. The van der Waals surface area contributed by atoms with Crippen molar-refractivity contribution in [3.8, 4) is 0 Å². The van der Waals surface area contributed by atoms with Crippen LogP contribution < -0.4 is 5.32 Å². The van der Waals surface area contributed by atoms with Crippen LogP contribution in [0.4, 0.5) is 4.39 Å². The topological polar surface area (TPSA) is 12.0 Å². The van der Waals surface area contributed by atoms with E-state index in [1.807, 2.05) is 13.0 Å². The molecule has 0 saturated heterocycles. The molecule has 2 heteroatoms. The molecule has 1 fully saturated rings. The molecular formula is C13H18FN. The van der Waals surface area contributed by atoms with E-state index >= 15 is 0 Å². The summed E-state index contributed by atoms with van der Waals surface area (Å²) in [5, 5.41) is 3.44. The van der Waals surface area contributed by atoms with E-state index in [-0.39, 0.29) is 5.82 Å². The third kappa shape index (κ3) is 2.57. The predicted molar refractivity (Wildman–Crippen MR) is 60.2 cm³/mol. The molecule has 0 aliphatic heterocycles. The van der Waals surface area contributed by atoms with Gasteiger partial charge < -0.3 is 5.32 Å². The van der Waals surface area contributed by atoms with E-state index in [1.165, 1.54) is 25.7 Å². The number of nitrogens with one attached hydrogen (secondary N) is 1. The molecule has 0 bridgehead atoms. The Morgan fingerprint density at radius 2 is 2.07 bits per heavy atom. The Morgan fingerprint density at radius 3 is 2.73 bits per heavy atom. The van der Waals surface area contributed by atoms with E-state index in [4.69, 9.17) is 0 Å². The largest absolute Gasteiger partial charge is 0.310 e. The molecule has 1 aliphatic carbocycles. The Bertz CT molecular complexity index is 309. The third-order valence-electron chi connectivity index (χ3n) is 3.28. The summed E-state index contributed by atoms with van der Waals surface area (Å²) in [7, 11) is 0. The van der Waals surface area contributed by atoms with E-state index in [0.717, 1.165) is 11.1 Å². The summed E-state index contributed by atoms with van der Waals surface area (Å²) in [5.74, 6) is -0.0829. The van der Waals surface area contributed by atoms with Gasteiger partial charge in [-0.15, -0.1) is 0 Å². The van der Waals surface area contributed by atoms with Gasteiger partial charge in [0.05, 0.1) is 0 Å². The molecule has 0 heterocycles. The first-order valence-electron chi connectivity index (χ1n) is 5.75. The molecule has 1 nitrogen and oxygen atoms in total. The molecule has 1 N–H and O–H groups in total. The van der Waals surface area contributed by atoms with Crippen molar-refractivity contribution in [2.75, 3.05) is 0 Å². The number of aryl methyl sites for hydroxylation is 1. The lowest BCUT2D eigenvalue weighted by atomic mass is 10.1. The van der Waals surface area contributed by atoms with E-state index in [1.54, 1.807) is 12.1 Å². The first-order chi connectivity index (χ1) is 7.27. The van der Waals surface area contributed by atoms with Crippen molar-refractivity contribution in [2.45, 2.75) is 45.2 Å². The van der Waals surface area contributed by atoms with Crippen LogP contribution in [0.5, 0.6) is 0 Å². The fourth-order valence-electron chi connectivity index (χ4n) is 2.27. The predicted octanol–water partition coefficient (Wildman–Crippen LogP) is 3.17. The van der Waals surface area contributed by atoms with E-state index in [0.29, 0.717) is 12.6 Å². The van der Waals surface area contributed by atoms with Gasteiger partial charge in [-0.1, -0.05) is 25.0 Å². The zero-order valence-electron chi connectivity index (χ0n) is 9.22. The Morgan fingerprint density at radius 1 is 1.33 bits per heavy atom. The average Bonchev–Trinajstić information content (AvgIpc) is 2.70. The number of rotatable bonds is 3. The smallest absolute Gasteiger partial charge is 0.127 e. The summed E-state index contributed by atoms with van der Waals surface area (Å²) >= 11 is 0. The highest BCUT2D eigenvalue weighted by molar-refractivity contribution is 5.27. The summed E-state index contributed by atoms with van der Waals surface area (Å²) in [4.78, 5) is 0. The summed E-state index contributed by atoms with van der Waals surface area (Å²) in [5.41, 5.74) is 1.87. The monoisotopic (exact) mass is 207 g/mol. The van der Waals surface area contributed by atoms with Gasteiger partial charge in [-0.3, -0.25) is 0 Å². The minimum Gasteiger partial charge on any atom is -0.310 e. The van der Waals surface area contributed by atoms with Gasteiger partial charge in [0.15, 0.2) is 0 Å². The van der Waals surface area contributed by atoms with Gasteiger partial charge in [0.1, 0.15) is 5.82 Å². The van der Waals surface area contributed by atoms with Crippen molar-refractivity contribution in [1.29, 1.82) is 0 Å². The maximum atomic E-state index is 13.5. The first-order valence-corrected chi connectivity index (χ1v) is 5.75. The van der Waals surface area contributed by atoms with Crippen LogP contribution in [-0.4, -0.2) is 6.04 Å². The fourth-order valence-corrected chi connectivity index (χ4v) is 2.27. The lowest BCUT2D eigenvalue weighted by molar-refractivity contribution is 0.507. The Balaban J connectivity index is 1.97. The molecule has 0 atom stereocenters. The van der Waals surface area contributed by atoms with Crippen LogP contribution in [-0.2, 0) is 6.54 Å². The minimum absolute atomic E-state index is 0.0829. The molecule has 1 aromatic carbocycles. The van der Waals surface area contributed by atoms with Crippen LogP contribution in [0.25, 0.3) is 0 Å². The molecule has 0 radical (unpaired) electrons. The molecule has 2 rings (SSSR count). The second-order valence-corrected chi connectivity index (χ2v) is 4.40. The molecule has 0 amide bonds. The van der Waals surface area contributed by atoms with Crippen molar-refractivity contribution in [1.82, 2.24) is 5.32 Å². The molecule has 1 aliphatic rings. The molecule has 1 saturated carbocycles. The van der Waals surface area contributed by atoms with Crippen LogP contribution in [0.3, 0.4) is 0 Å². The van der Waals surface area contributed by atoms with Gasteiger partial charge in [0, 0.05) is 18.2 Å². The molecular weight excluding hydrogens is 189 g/mol. The molecule has 15 heavy (non-hydrogen) atoms. The van der Waals surface area contributed by atoms with Gasteiger partial charge in [-0.25, -0.2) is 4.39 Å². The van der Waals surface area contributed by atoms with Gasteiger partial charge in [0.2, 0.25) is 0 Å². The van der Waals surface area contributed by atoms with E-state index in [9.17, 15) is 4.39 Å². The Labute approximate surface area is 90.7 Å². The van der Waals surface area contributed by atoms with Crippen molar-refractivity contribution < 1.29 is 4.39 Å². The van der Waals surface area contributed by atoms with Crippen molar-refractivity contribution in [3.05, 3.63) is 35.1 Å². The van der Waals surface area contributed by atoms with Gasteiger partial charge in [0.25, 0.3) is 0 Å². The SMILES string of the molecule is Cc1cccc(F)c1CNC1CCCC1. The fraction of sp³-hybridized carbons (Fsp3) is 0.538. The highest BCUT2D eigenvalue weighted by Gasteiger charge is 2.15. The molecule has 0 spiro atoms. The second kappa shape index (κ2) is 4.75. The molecule has 0 aromatic heterocycles. The summed E-state index contributed by atoms with van der Waals surface area (Å²) < 4.78 is 13.5. The van der Waals surface area contributed by atoms with Crippen molar-refractivity contribution >= 4 is 0 Å². The summed E-state index contributed by atoms with van der Waals surface area (Å²) in [6, 6.07) is 5.88. The first kappa shape index (κ1) is 10.6. The summed E-state index contributed by atoms with van der Waals surface area (Å²) in [6.45, 7) is 2.64. The van der Waals surface area contributed by atoms with Gasteiger partial charge in [-0.2, -0.15) is 0 Å². The summed E-state index contributed by atoms with van der Waals surface area (Å²) in [6.07, 6.45) is 5.11. The van der Waals surface area contributed by atoms with Gasteiger partial charge >= 0.3 is 0 Å². The minimum atomic E-state index is -0.0829. The lowest BCUT2D eigenvalue weighted by Gasteiger charge is -2.13. The standard InChI is InChI=1S/C13H18FN/c1-10-5-4-8-13(14)12(10)9-15-11-6-2-3-7-11/h4-5,8,11,15H,2-3,6-7,9H2,1H3. The van der Waals surface area contributed by atoms with Crippen LogP contribution >= 0.6 is 0 Å².